The normalized spacial score (nSPS) is 36.2. The number of amides is 1. The van der Waals surface area contributed by atoms with Gasteiger partial charge in [-0.1, -0.05) is 5.57 Å². The molecule has 0 aromatic carbocycles. The lowest BCUT2D eigenvalue weighted by Gasteiger charge is -2.30. The molecule has 2 aliphatic rings. The minimum absolute atomic E-state index is 0.00370. The van der Waals surface area contributed by atoms with E-state index in [-0.39, 0.29) is 24.5 Å². The number of nitrogens with one attached hydrogen (secondary N) is 1. The topological polar surface area (TPSA) is 49.3 Å². The summed E-state index contributed by atoms with van der Waals surface area (Å²) in [4.78, 5) is 11.7. The molecule has 1 amide bonds. The van der Waals surface area contributed by atoms with Crippen LogP contribution >= 0.6 is 0 Å². The molecule has 16 heavy (non-hydrogen) atoms. The van der Waals surface area contributed by atoms with Gasteiger partial charge in [-0.15, -0.1) is 0 Å². The van der Waals surface area contributed by atoms with Gasteiger partial charge in [0, 0.05) is 24.6 Å². The number of carbonyl (C=O) groups is 1. The molecule has 0 aliphatic heterocycles. The zero-order valence-corrected chi connectivity index (χ0v) is 10.1. The van der Waals surface area contributed by atoms with Crippen LogP contribution in [0.15, 0.2) is 11.6 Å². The van der Waals surface area contributed by atoms with E-state index in [1.54, 1.807) is 6.08 Å². The number of aliphatic hydroxyl groups is 1. The third kappa shape index (κ3) is 2.14. The van der Waals surface area contributed by atoms with Crippen LogP contribution in [0, 0.1) is 17.8 Å². The van der Waals surface area contributed by atoms with E-state index >= 15 is 0 Å². The van der Waals surface area contributed by atoms with Gasteiger partial charge in [0.05, 0.1) is 0 Å². The van der Waals surface area contributed by atoms with Crippen molar-refractivity contribution in [1.82, 2.24) is 5.32 Å². The lowest BCUT2D eigenvalue weighted by molar-refractivity contribution is -0.118. The van der Waals surface area contributed by atoms with Crippen molar-refractivity contribution in [3.05, 3.63) is 11.6 Å². The van der Waals surface area contributed by atoms with E-state index in [4.69, 9.17) is 0 Å². The summed E-state index contributed by atoms with van der Waals surface area (Å²) >= 11 is 0. The molecule has 2 aliphatic carbocycles. The maximum Gasteiger partial charge on any atom is 0.244 e. The van der Waals surface area contributed by atoms with Gasteiger partial charge >= 0.3 is 0 Å². The Hall–Kier alpha value is -0.830. The highest BCUT2D eigenvalue weighted by atomic mass is 16.3. The van der Waals surface area contributed by atoms with Gasteiger partial charge < -0.3 is 10.4 Å². The Morgan fingerprint density at radius 3 is 2.69 bits per heavy atom. The molecule has 2 fully saturated rings. The molecule has 0 radical (unpaired) electrons. The monoisotopic (exact) mass is 223 g/mol. The fourth-order valence-electron chi connectivity index (χ4n) is 3.37. The fraction of sp³-hybridized carbons (Fsp3) is 0.769. The molecule has 2 saturated carbocycles. The van der Waals surface area contributed by atoms with Gasteiger partial charge in [0.15, 0.2) is 0 Å². The summed E-state index contributed by atoms with van der Waals surface area (Å²) in [7, 11) is 0. The summed E-state index contributed by atoms with van der Waals surface area (Å²) in [5, 5.41) is 12.5. The van der Waals surface area contributed by atoms with Crippen LogP contribution in [0.5, 0.6) is 0 Å². The van der Waals surface area contributed by atoms with E-state index in [1.807, 2.05) is 13.8 Å². The maximum absolute atomic E-state index is 11.7. The SMILES string of the molecule is CC(C)=CC(=O)NC1C2CCC(C2)C1CO. The van der Waals surface area contributed by atoms with Crippen molar-refractivity contribution in [1.29, 1.82) is 0 Å². The molecule has 3 nitrogen and oxygen atoms in total. The van der Waals surface area contributed by atoms with Crippen LogP contribution in [-0.2, 0) is 4.79 Å². The van der Waals surface area contributed by atoms with Gasteiger partial charge in [0.2, 0.25) is 5.91 Å². The summed E-state index contributed by atoms with van der Waals surface area (Å²) in [6.45, 7) is 4.05. The molecule has 3 heteroatoms. The highest BCUT2D eigenvalue weighted by Crippen LogP contribution is 2.48. The summed E-state index contributed by atoms with van der Waals surface area (Å²) in [5.74, 6) is 1.51. The first-order chi connectivity index (χ1) is 7.61. The third-order valence-corrected chi connectivity index (χ3v) is 4.03. The van der Waals surface area contributed by atoms with Gasteiger partial charge in [-0.3, -0.25) is 4.79 Å². The van der Waals surface area contributed by atoms with Crippen LogP contribution in [0.25, 0.3) is 0 Å². The van der Waals surface area contributed by atoms with Crippen molar-refractivity contribution >= 4 is 5.91 Å². The van der Waals surface area contributed by atoms with Gasteiger partial charge in [-0.25, -0.2) is 0 Å². The second kappa shape index (κ2) is 4.58. The minimum Gasteiger partial charge on any atom is -0.396 e. The number of rotatable bonds is 3. The number of hydrogen-bond donors (Lipinski definition) is 2. The molecule has 2 rings (SSSR count). The first-order valence-electron chi connectivity index (χ1n) is 6.18. The summed E-state index contributed by atoms with van der Waals surface area (Å²) < 4.78 is 0. The zero-order chi connectivity index (χ0) is 11.7. The van der Waals surface area contributed by atoms with E-state index < -0.39 is 0 Å². The Labute approximate surface area is 96.9 Å². The lowest BCUT2D eigenvalue weighted by Crippen LogP contribution is -2.44. The molecule has 4 unspecified atom stereocenters. The van der Waals surface area contributed by atoms with Crippen molar-refractivity contribution in [2.24, 2.45) is 17.8 Å². The third-order valence-electron chi connectivity index (χ3n) is 4.03. The fourth-order valence-corrected chi connectivity index (χ4v) is 3.37. The van der Waals surface area contributed by atoms with Crippen molar-refractivity contribution < 1.29 is 9.90 Å². The van der Waals surface area contributed by atoms with Crippen LogP contribution in [0.3, 0.4) is 0 Å². The quantitative estimate of drug-likeness (QED) is 0.712. The predicted molar refractivity (Wildman–Crippen MR) is 62.8 cm³/mol. The Bertz CT molecular complexity index is 307. The molecule has 0 saturated heterocycles. The Morgan fingerprint density at radius 2 is 2.06 bits per heavy atom. The van der Waals surface area contributed by atoms with E-state index in [0.717, 1.165) is 5.57 Å². The minimum atomic E-state index is -0.00370. The summed E-state index contributed by atoms with van der Waals surface area (Å²) in [6, 6.07) is 0.201. The molecule has 0 heterocycles. The molecular weight excluding hydrogens is 202 g/mol. The summed E-state index contributed by atoms with van der Waals surface area (Å²) in [6.07, 6.45) is 5.26. The molecule has 90 valence electrons. The Morgan fingerprint density at radius 1 is 1.38 bits per heavy atom. The number of aliphatic hydroxyl groups excluding tert-OH is 1. The van der Waals surface area contributed by atoms with Crippen molar-refractivity contribution in [2.45, 2.75) is 39.2 Å². The zero-order valence-electron chi connectivity index (χ0n) is 10.1. The Kier molecular flexibility index (Phi) is 3.33. The first kappa shape index (κ1) is 11.6. The Balaban J connectivity index is 1.99. The molecule has 2 bridgehead atoms. The highest BCUT2D eigenvalue weighted by molar-refractivity contribution is 5.88. The molecule has 0 aromatic heterocycles. The average Bonchev–Trinajstić information content (AvgIpc) is 2.76. The number of allylic oxidation sites excluding steroid dienone is 1. The van der Waals surface area contributed by atoms with Crippen molar-refractivity contribution in [3.63, 3.8) is 0 Å². The van der Waals surface area contributed by atoms with Crippen LogP contribution in [-0.4, -0.2) is 23.7 Å². The van der Waals surface area contributed by atoms with Crippen LogP contribution in [0.1, 0.15) is 33.1 Å². The first-order valence-corrected chi connectivity index (χ1v) is 6.18. The number of fused-ring (bicyclic) bond motifs is 2. The van der Waals surface area contributed by atoms with Gasteiger partial charge in [0.25, 0.3) is 0 Å². The molecular formula is C13H21NO2. The molecule has 4 atom stereocenters. The van der Waals surface area contributed by atoms with Crippen molar-refractivity contribution in [3.8, 4) is 0 Å². The van der Waals surface area contributed by atoms with Crippen LogP contribution in [0.2, 0.25) is 0 Å². The number of hydrogen-bond acceptors (Lipinski definition) is 2. The maximum atomic E-state index is 11.7. The van der Waals surface area contributed by atoms with Crippen LogP contribution < -0.4 is 5.32 Å². The largest absolute Gasteiger partial charge is 0.396 e. The molecule has 0 aromatic rings. The van der Waals surface area contributed by atoms with Gasteiger partial charge in [-0.05, 0) is 44.9 Å². The van der Waals surface area contributed by atoms with E-state index in [9.17, 15) is 9.90 Å². The lowest BCUT2D eigenvalue weighted by atomic mass is 9.85. The molecule has 0 spiro atoms. The van der Waals surface area contributed by atoms with E-state index in [2.05, 4.69) is 5.32 Å². The summed E-state index contributed by atoms with van der Waals surface area (Å²) in [5.41, 5.74) is 1.02. The molecule has 2 N–H and O–H groups in total. The average molecular weight is 223 g/mol. The van der Waals surface area contributed by atoms with Crippen LogP contribution in [0.4, 0.5) is 0 Å². The standard InChI is InChI=1S/C13H21NO2/c1-8(2)5-12(16)14-13-10-4-3-9(6-10)11(13)7-15/h5,9-11,13,15H,3-4,6-7H2,1-2H3,(H,14,16). The number of carbonyl (C=O) groups excluding carboxylic acids is 1. The smallest absolute Gasteiger partial charge is 0.244 e. The highest BCUT2D eigenvalue weighted by Gasteiger charge is 2.47. The van der Waals surface area contributed by atoms with Gasteiger partial charge in [0.1, 0.15) is 0 Å². The van der Waals surface area contributed by atoms with E-state index in [1.165, 1.54) is 19.3 Å². The van der Waals surface area contributed by atoms with Crippen molar-refractivity contribution in [2.75, 3.05) is 6.61 Å². The second-order valence-corrected chi connectivity index (χ2v) is 5.44. The second-order valence-electron chi connectivity index (χ2n) is 5.44. The predicted octanol–water partition coefficient (Wildman–Crippen LogP) is 1.48. The van der Waals surface area contributed by atoms with Gasteiger partial charge in [-0.2, -0.15) is 0 Å². The van der Waals surface area contributed by atoms with E-state index in [0.29, 0.717) is 11.8 Å².